The molecule has 0 radical (unpaired) electrons. The van der Waals surface area contributed by atoms with Gasteiger partial charge in [-0.2, -0.15) is 0 Å². The molecule has 0 saturated heterocycles. The molecule has 2 aromatic carbocycles. The van der Waals surface area contributed by atoms with Crippen LogP contribution in [0.4, 0.5) is 4.79 Å². The molecular formula is C23H27N3O7. The van der Waals surface area contributed by atoms with Gasteiger partial charge in [-0.05, 0) is 23.3 Å². The van der Waals surface area contributed by atoms with E-state index in [1.54, 1.807) is 48.5 Å². The summed E-state index contributed by atoms with van der Waals surface area (Å²) in [7, 11) is 2.73. The molecule has 0 aliphatic carbocycles. The number of benzene rings is 2. The molecule has 2 atom stereocenters. The lowest BCUT2D eigenvalue weighted by Crippen LogP contribution is -2.53. The highest BCUT2D eigenvalue weighted by Crippen LogP contribution is 2.12. The first-order valence-corrected chi connectivity index (χ1v) is 10.1. The molecule has 10 heteroatoms. The fourth-order valence-electron chi connectivity index (χ4n) is 2.92. The number of primary amides is 1. The topological polar surface area (TPSA) is 146 Å². The standard InChI is InChI=1S/C23H27N3O7/c1-31-17-10-8-16(9-11-17)14-33-23(30)26-18(13-20(24)27)21(28)25-19(22(29)32-2)12-15-6-4-3-5-7-15/h3-11,18-19H,12-14H2,1-2H3,(H2,24,27)(H,25,28)(H,26,30)/t18-,19-/m0/s1. The monoisotopic (exact) mass is 457 g/mol. The molecule has 0 aliphatic heterocycles. The highest BCUT2D eigenvalue weighted by atomic mass is 16.5. The van der Waals surface area contributed by atoms with Gasteiger partial charge in [-0.3, -0.25) is 9.59 Å². The number of nitrogens with two attached hydrogens (primary N) is 1. The van der Waals surface area contributed by atoms with Crippen molar-refractivity contribution in [3.8, 4) is 5.75 Å². The first-order chi connectivity index (χ1) is 15.8. The van der Waals surface area contributed by atoms with Crippen molar-refractivity contribution < 1.29 is 33.4 Å². The summed E-state index contributed by atoms with van der Waals surface area (Å²) in [5.41, 5.74) is 6.70. The number of esters is 1. The average Bonchev–Trinajstić information content (AvgIpc) is 2.82. The van der Waals surface area contributed by atoms with Gasteiger partial charge in [-0.15, -0.1) is 0 Å². The Kier molecular flexibility index (Phi) is 9.69. The number of carbonyl (C=O) groups excluding carboxylic acids is 4. The fraction of sp³-hybridized carbons (Fsp3) is 0.304. The van der Waals surface area contributed by atoms with Gasteiger partial charge in [-0.25, -0.2) is 9.59 Å². The molecule has 0 fully saturated rings. The van der Waals surface area contributed by atoms with Gasteiger partial charge in [0.15, 0.2) is 0 Å². The molecule has 0 aromatic heterocycles. The Morgan fingerprint density at radius 1 is 0.879 bits per heavy atom. The molecule has 33 heavy (non-hydrogen) atoms. The van der Waals surface area contributed by atoms with Crippen LogP contribution in [-0.2, 0) is 36.9 Å². The molecule has 0 heterocycles. The number of hydrogen-bond donors (Lipinski definition) is 3. The van der Waals surface area contributed by atoms with E-state index in [1.807, 2.05) is 6.07 Å². The Labute approximate surface area is 191 Å². The van der Waals surface area contributed by atoms with E-state index in [0.29, 0.717) is 11.3 Å². The normalized spacial score (nSPS) is 12.1. The second-order valence-corrected chi connectivity index (χ2v) is 7.07. The van der Waals surface area contributed by atoms with Crippen LogP contribution < -0.4 is 21.1 Å². The summed E-state index contributed by atoms with van der Waals surface area (Å²) < 4.78 is 14.9. The maximum atomic E-state index is 12.8. The summed E-state index contributed by atoms with van der Waals surface area (Å²) >= 11 is 0. The van der Waals surface area contributed by atoms with Crippen LogP contribution in [0.2, 0.25) is 0 Å². The SMILES string of the molecule is COC(=O)[C@H](Cc1ccccc1)NC(=O)[C@H](CC(N)=O)NC(=O)OCc1ccc(OC)cc1. The molecule has 2 aromatic rings. The van der Waals surface area contributed by atoms with E-state index in [-0.39, 0.29) is 13.0 Å². The molecule has 0 aliphatic rings. The van der Waals surface area contributed by atoms with E-state index in [0.717, 1.165) is 5.56 Å². The number of ether oxygens (including phenoxy) is 3. The van der Waals surface area contributed by atoms with Crippen molar-refractivity contribution in [1.82, 2.24) is 10.6 Å². The Balaban J connectivity index is 2.01. The summed E-state index contributed by atoms with van der Waals surface area (Å²) in [5.74, 6) is -1.62. The minimum absolute atomic E-state index is 0.0699. The third kappa shape index (κ3) is 8.52. The summed E-state index contributed by atoms with van der Waals surface area (Å²) in [6.45, 7) is -0.0699. The van der Waals surface area contributed by atoms with Gasteiger partial charge in [0.2, 0.25) is 11.8 Å². The van der Waals surface area contributed by atoms with E-state index < -0.39 is 42.4 Å². The molecule has 176 valence electrons. The van der Waals surface area contributed by atoms with Gasteiger partial charge >= 0.3 is 12.1 Å². The first-order valence-electron chi connectivity index (χ1n) is 10.1. The largest absolute Gasteiger partial charge is 0.497 e. The van der Waals surface area contributed by atoms with Gasteiger partial charge in [0, 0.05) is 6.42 Å². The van der Waals surface area contributed by atoms with Crippen molar-refractivity contribution in [2.24, 2.45) is 5.73 Å². The van der Waals surface area contributed by atoms with Crippen LogP contribution in [0.3, 0.4) is 0 Å². The van der Waals surface area contributed by atoms with Crippen molar-refractivity contribution >= 4 is 23.9 Å². The summed E-state index contributed by atoms with van der Waals surface area (Å²) in [5, 5.41) is 4.82. The van der Waals surface area contributed by atoms with Crippen LogP contribution in [0.1, 0.15) is 17.5 Å². The molecule has 4 N–H and O–H groups in total. The minimum Gasteiger partial charge on any atom is -0.497 e. The number of amides is 3. The van der Waals surface area contributed by atoms with Crippen LogP contribution in [0.15, 0.2) is 54.6 Å². The Bertz CT molecular complexity index is 948. The third-order valence-corrected chi connectivity index (χ3v) is 4.63. The Morgan fingerprint density at radius 2 is 1.55 bits per heavy atom. The Hall–Kier alpha value is -4.08. The summed E-state index contributed by atoms with van der Waals surface area (Å²) in [6, 6.07) is 13.5. The van der Waals surface area contributed by atoms with E-state index in [9.17, 15) is 19.2 Å². The zero-order valence-corrected chi connectivity index (χ0v) is 18.4. The van der Waals surface area contributed by atoms with Gasteiger partial charge in [-0.1, -0.05) is 42.5 Å². The summed E-state index contributed by atoms with van der Waals surface area (Å²) in [6.07, 6.45) is -1.25. The Morgan fingerprint density at radius 3 is 2.12 bits per heavy atom. The molecular weight excluding hydrogens is 430 g/mol. The fourth-order valence-corrected chi connectivity index (χ4v) is 2.92. The van der Waals surface area contributed by atoms with Gasteiger partial charge in [0.1, 0.15) is 24.4 Å². The molecule has 2 rings (SSSR count). The number of nitrogens with one attached hydrogen (secondary N) is 2. The smallest absolute Gasteiger partial charge is 0.408 e. The van der Waals surface area contributed by atoms with Crippen molar-refractivity contribution in [3.63, 3.8) is 0 Å². The predicted molar refractivity (Wildman–Crippen MR) is 118 cm³/mol. The van der Waals surface area contributed by atoms with Crippen LogP contribution in [0, 0.1) is 0 Å². The maximum absolute atomic E-state index is 12.8. The van der Waals surface area contributed by atoms with Crippen molar-refractivity contribution in [2.75, 3.05) is 14.2 Å². The highest BCUT2D eigenvalue weighted by molar-refractivity contribution is 5.93. The van der Waals surface area contributed by atoms with Crippen LogP contribution in [-0.4, -0.2) is 50.2 Å². The van der Waals surface area contributed by atoms with E-state index in [1.165, 1.54) is 14.2 Å². The van der Waals surface area contributed by atoms with E-state index in [4.69, 9.17) is 19.9 Å². The maximum Gasteiger partial charge on any atom is 0.408 e. The highest BCUT2D eigenvalue weighted by Gasteiger charge is 2.29. The predicted octanol–water partition coefficient (Wildman–Crippen LogP) is 1.07. The lowest BCUT2D eigenvalue weighted by atomic mass is 10.1. The second kappa shape index (κ2) is 12.7. The first kappa shape index (κ1) is 25.2. The van der Waals surface area contributed by atoms with Gasteiger partial charge in [0.05, 0.1) is 20.6 Å². The molecule has 0 saturated carbocycles. The van der Waals surface area contributed by atoms with E-state index in [2.05, 4.69) is 10.6 Å². The quantitative estimate of drug-likeness (QED) is 0.428. The number of hydrogen-bond acceptors (Lipinski definition) is 7. The molecule has 0 spiro atoms. The zero-order valence-electron chi connectivity index (χ0n) is 18.4. The van der Waals surface area contributed by atoms with Crippen molar-refractivity contribution in [3.05, 3.63) is 65.7 Å². The number of rotatable bonds is 11. The molecule has 3 amide bonds. The van der Waals surface area contributed by atoms with Crippen molar-refractivity contribution in [2.45, 2.75) is 31.5 Å². The number of alkyl carbamates (subject to hydrolysis) is 1. The minimum atomic E-state index is -1.34. The zero-order chi connectivity index (χ0) is 24.2. The number of carbonyl (C=O) groups is 4. The molecule has 0 unspecified atom stereocenters. The molecule has 0 bridgehead atoms. The van der Waals surface area contributed by atoms with E-state index >= 15 is 0 Å². The number of methoxy groups -OCH3 is 2. The van der Waals surface area contributed by atoms with Crippen LogP contribution in [0.25, 0.3) is 0 Å². The summed E-state index contributed by atoms with van der Waals surface area (Å²) in [4.78, 5) is 48.6. The van der Waals surface area contributed by atoms with Crippen molar-refractivity contribution in [1.29, 1.82) is 0 Å². The second-order valence-electron chi connectivity index (χ2n) is 7.07. The van der Waals surface area contributed by atoms with Crippen LogP contribution in [0.5, 0.6) is 5.75 Å². The lowest BCUT2D eigenvalue weighted by molar-refractivity contribution is -0.145. The third-order valence-electron chi connectivity index (χ3n) is 4.63. The lowest BCUT2D eigenvalue weighted by Gasteiger charge is -2.21. The van der Waals surface area contributed by atoms with Gasteiger partial charge in [0.25, 0.3) is 0 Å². The molecule has 10 nitrogen and oxygen atoms in total. The van der Waals surface area contributed by atoms with Crippen LogP contribution >= 0.6 is 0 Å². The van der Waals surface area contributed by atoms with Gasteiger partial charge < -0.3 is 30.6 Å². The average molecular weight is 457 g/mol.